The predicted molar refractivity (Wildman–Crippen MR) is 166 cm³/mol. The Morgan fingerprint density at radius 2 is 1.72 bits per heavy atom. The molecule has 0 saturated heterocycles. The molecule has 1 unspecified atom stereocenters. The van der Waals surface area contributed by atoms with Gasteiger partial charge in [-0.25, -0.2) is 0 Å². The second-order valence-corrected chi connectivity index (χ2v) is 18.2. The van der Waals surface area contributed by atoms with Gasteiger partial charge in [0.2, 0.25) is 0 Å². The maximum absolute atomic E-state index is 10.9. The molecule has 39 heavy (non-hydrogen) atoms. The summed E-state index contributed by atoms with van der Waals surface area (Å²) < 4.78 is 24.8. The summed E-state index contributed by atoms with van der Waals surface area (Å²) in [5.74, 6) is 1.43. The van der Waals surface area contributed by atoms with Crippen LogP contribution in [0.5, 0.6) is 11.5 Å². The van der Waals surface area contributed by atoms with E-state index in [1.807, 2.05) is 26.0 Å². The number of allylic oxidation sites excluding steroid dienone is 2. The van der Waals surface area contributed by atoms with Crippen molar-refractivity contribution in [3.63, 3.8) is 0 Å². The van der Waals surface area contributed by atoms with Crippen LogP contribution in [0.3, 0.4) is 0 Å². The molecular weight excluding hydrogens is 571 g/mol. The minimum atomic E-state index is -1.70. The molecule has 0 heterocycles. The van der Waals surface area contributed by atoms with Crippen molar-refractivity contribution in [1.29, 1.82) is 0 Å². The van der Waals surface area contributed by atoms with Crippen LogP contribution < -0.4 is 13.9 Å². The van der Waals surface area contributed by atoms with Gasteiger partial charge >= 0.3 is 206 Å². The Morgan fingerprint density at radius 3 is 2.28 bits per heavy atom. The summed E-state index contributed by atoms with van der Waals surface area (Å²) in [6.07, 6.45) is 4.89. The second-order valence-electron chi connectivity index (χ2n) is 10.7. The van der Waals surface area contributed by atoms with Gasteiger partial charge in [0.25, 0.3) is 0 Å². The molecule has 7 heteroatoms. The van der Waals surface area contributed by atoms with E-state index in [0.717, 1.165) is 54.3 Å². The van der Waals surface area contributed by atoms with Gasteiger partial charge in [-0.05, 0) is 18.1 Å². The normalized spacial score (nSPS) is 13.4. The molecule has 0 spiro atoms. The topological polar surface area (TPSA) is 57.2 Å². The van der Waals surface area contributed by atoms with Crippen molar-refractivity contribution >= 4 is 27.7 Å². The number of hydrogen-bond acceptors (Lipinski definition) is 5. The zero-order valence-corrected chi connectivity index (χ0v) is 28.1. The maximum atomic E-state index is 10.9. The summed E-state index contributed by atoms with van der Waals surface area (Å²) in [6.45, 7) is 13.6. The van der Waals surface area contributed by atoms with Crippen LogP contribution in [0.2, 0.25) is 22.9 Å². The Kier molecular flexibility index (Phi) is 14.3. The molecular formula is C32H50O5SeSi. The molecule has 2 rings (SSSR count). The first-order valence-corrected chi connectivity index (χ1v) is 18.5. The molecule has 0 aliphatic carbocycles. The molecule has 0 radical (unpaired) electrons. The average molecular weight is 622 g/mol. The number of ether oxygens (including phenoxy) is 3. The molecule has 1 N–H and O–H groups in total. The van der Waals surface area contributed by atoms with Gasteiger partial charge in [0.15, 0.2) is 0 Å². The Hall–Kier alpha value is -1.60. The first-order valence-electron chi connectivity index (χ1n) is 14.2. The van der Waals surface area contributed by atoms with Crippen LogP contribution in [0.1, 0.15) is 65.5 Å². The number of aliphatic hydroxyl groups is 1. The van der Waals surface area contributed by atoms with E-state index in [9.17, 15) is 5.11 Å². The van der Waals surface area contributed by atoms with E-state index in [0.29, 0.717) is 12.4 Å². The standard InChI is InChI=1S/C32H50O5SeSi/c1-9-39(10-2,11-3)37-23-26-21-27(31(36-24-34-7)29(22-26)35-8)19-17-25(4)18-20-30(32(5,6)33)38-28-15-13-12-14-16-28/h12-17,21-22,30,33H,9-11,18-20,23-24H2,1-8H3/b25-17+. The average Bonchev–Trinajstić information content (AvgIpc) is 2.94. The van der Waals surface area contributed by atoms with Gasteiger partial charge in [0, 0.05) is 0 Å². The zero-order valence-electron chi connectivity index (χ0n) is 25.3. The van der Waals surface area contributed by atoms with Crippen LogP contribution in [0, 0.1) is 0 Å². The third kappa shape index (κ3) is 10.7. The second kappa shape index (κ2) is 16.6. The van der Waals surface area contributed by atoms with Gasteiger partial charge in [-0.3, -0.25) is 0 Å². The van der Waals surface area contributed by atoms with Gasteiger partial charge in [-0.15, -0.1) is 0 Å². The summed E-state index contributed by atoms with van der Waals surface area (Å²) in [5.41, 5.74) is 2.76. The summed E-state index contributed by atoms with van der Waals surface area (Å²) in [5, 5.41) is 10.9. The van der Waals surface area contributed by atoms with Gasteiger partial charge < -0.3 is 0 Å². The molecule has 5 nitrogen and oxygen atoms in total. The molecule has 0 aromatic heterocycles. The van der Waals surface area contributed by atoms with E-state index in [-0.39, 0.29) is 26.6 Å². The molecule has 0 aliphatic heterocycles. The fraction of sp³-hybridized carbons (Fsp3) is 0.562. The molecule has 2 aromatic carbocycles. The number of methoxy groups -OCH3 is 2. The minimum absolute atomic E-state index is 0.161. The number of hydrogen-bond donors (Lipinski definition) is 1. The summed E-state index contributed by atoms with van der Waals surface area (Å²) in [7, 11) is 1.60. The van der Waals surface area contributed by atoms with Crippen LogP contribution >= 0.6 is 0 Å². The van der Waals surface area contributed by atoms with E-state index in [2.05, 4.69) is 64.1 Å². The van der Waals surface area contributed by atoms with E-state index >= 15 is 0 Å². The van der Waals surface area contributed by atoms with Crippen molar-refractivity contribution < 1.29 is 23.7 Å². The molecule has 0 bridgehead atoms. The Morgan fingerprint density at radius 1 is 1.05 bits per heavy atom. The van der Waals surface area contributed by atoms with Crippen LogP contribution in [0.25, 0.3) is 0 Å². The fourth-order valence-electron chi connectivity index (χ4n) is 4.65. The van der Waals surface area contributed by atoms with Crippen LogP contribution in [-0.2, 0) is 22.2 Å². The molecule has 0 aliphatic rings. The Labute approximate surface area is 244 Å². The first-order chi connectivity index (χ1) is 18.6. The Balaban J connectivity index is 2.22. The van der Waals surface area contributed by atoms with Gasteiger partial charge in [-0.2, -0.15) is 0 Å². The summed E-state index contributed by atoms with van der Waals surface area (Å²) in [6, 6.07) is 18.1. The van der Waals surface area contributed by atoms with Crippen molar-refractivity contribution in [2.24, 2.45) is 0 Å². The van der Waals surface area contributed by atoms with Crippen molar-refractivity contribution in [3.05, 3.63) is 65.2 Å². The van der Waals surface area contributed by atoms with E-state index in [4.69, 9.17) is 18.6 Å². The van der Waals surface area contributed by atoms with Gasteiger partial charge in [0.1, 0.15) is 0 Å². The number of benzene rings is 2. The van der Waals surface area contributed by atoms with Crippen molar-refractivity contribution in [1.82, 2.24) is 0 Å². The third-order valence-electron chi connectivity index (χ3n) is 7.49. The quantitative estimate of drug-likeness (QED) is 0.110. The molecule has 2 aromatic rings. The molecule has 0 saturated carbocycles. The Bertz CT molecular complexity index is 1010. The van der Waals surface area contributed by atoms with E-state index < -0.39 is 13.9 Å². The SMILES string of the molecule is CC[Si](CC)(CC)OCc1cc(C/C=C(\C)CCC([Se]c2ccccc2)C(C)(C)O)c(OCOC)c(OC)c1. The fourth-order valence-corrected chi connectivity index (χ4v) is 9.68. The van der Waals surface area contributed by atoms with Crippen molar-refractivity contribution in [2.75, 3.05) is 21.0 Å². The van der Waals surface area contributed by atoms with E-state index in [1.54, 1.807) is 14.2 Å². The van der Waals surface area contributed by atoms with Crippen molar-refractivity contribution in [3.8, 4) is 11.5 Å². The predicted octanol–water partition coefficient (Wildman–Crippen LogP) is 7.06. The molecule has 1 atom stereocenters. The van der Waals surface area contributed by atoms with Crippen LogP contribution in [0.4, 0.5) is 0 Å². The summed E-state index contributed by atoms with van der Waals surface area (Å²) in [4.78, 5) is 0.233. The first kappa shape index (κ1) is 33.6. The number of rotatable bonds is 18. The van der Waals surface area contributed by atoms with Crippen molar-refractivity contribution in [2.45, 2.75) is 96.0 Å². The van der Waals surface area contributed by atoms with Gasteiger partial charge in [0.05, 0.1) is 0 Å². The van der Waals surface area contributed by atoms with E-state index in [1.165, 1.54) is 10.0 Å². The van der Waals surface area contributed by atoms with Crippen LogP contribution in [0.15, 0.2) is 54.1 Å². The third-order valence-corrected chi connectivity index (χ3v) is 15.6. The molecule has 218 valence electrons. The molecule has 0 amide bonds. The molecule has 0 fully saturated rings. The van der Waals surface area contributed by atoms with Gasteiger partial charge in [-0.1, -0.05) is 20.8 Å². The monoisotopic (exact) mass is 622 g/mol. The zero-order chi connectivity index (χ0) is 28.9. The van der Waals surface area contributed by atoms with Crippen LogP contribution in [-0.4, -0.2) is 55.0 Å². The summed E-state index contributed by atoms with van der Waals surface area (Å²) >= 11 is 0.205.